The van der Waals surface area contributed by atoms with Gasteiger partial charge in [0, 0.05) is 0 Å². The first kappa shape index (κ1) is 9.37. The molecule has 0 bridgehead atoms. The molecule has 0 aromatic heterocycles. The zero-order valence-corrected chi connectivity index (χ0v) is 7.70. The lowest BCUT2D eigenvalue weighted by atomic mass is 10.6. The third kappa shape index (κ3) is 3.46. The number of rotatable bonds is 2. The van der Waals surface area contributed by atoms with E-state index in [1.807, 2.05) is 6.07 Å². The quantitative estimate of drug-likeness (QED) is 0.517. The average molecular weight is 215 g/mol. The molecule has 0 amide bonds. The number of nitrogens with zero attached hydrogens (tertiary/aromatic N) is 2. The summed E-state index contributed by atoms with van der Waals surface area (Å²) in [5.41, 5.74) is 0. The summed E-state index contributed by atoms with van der Waals surface area (Å²) in [6, 6.07) is 1.83. The van der Waals surface area contributed by atoms with Crippen LogP contribution in [-0.4, -0.2) is 28.0 Å². The summed E-state index contributed by atoms with van der Waals surface area (Å²) in [5, 5.41) is 9.80. The molecule has 11 heavy (non-hydrogen) atoms. The fraction of sp³-hybridized carbons (Fsp3) is 0.800. The van der Waals surface area contributed by atoms with Crippen molar-refractivity contribution in [3.8, 4) is 6.07 Å². The van der Waals surface area contributed by atoms with Crippen LogP contribution >= 0.6 is 34.8 Å². The number of nitriles is 1. The first-order valence-corrected chi connectivity index (χ1v) is 4.02. The molecule has 0 N–H and O–H groups in total. The molecular weight excluding hydrogens is 210 g/mol. The second-order valence-corrected chi connectivity index (χ2v) is 4.65. The molecule has 1 aliphatic heterocycles. The molecule has 2 unspecified atom stereocenters. The van der Waals surface area contributed by atoms with Gasteiger partial charge in [-0.2, -0.15) is 10.3 Å². The van der Waals surface area contributed by atoms with Crippen LogP contribution in [0.1, 0.15) is 0 Å². The van der Waals surface area contributed by atoms with Gasteiger partial charge in [0.25, 0.3) is 0 Å². The molecule has 1 fully saturated rings. The molecule has 0 aliphatic carbocycles. The lowest BCUT2D eigenvalue weighted by Crippen LogP contribution is -2.16. The van der Waals surface area contributed by atoms with Crippen molar-refractivity contribution in [2.24, 2.45) is 0 Å². The van der Waals surface area contributed by atoms with E-state index in [1.54, 1.807) is 0 Å². The average Bonchev–Trinajstić information content (AvgIpc) is 2.60. The van der Waals surface area contributed by atoms with Crippen molar-refractivity contribution in [1.29, 1.82) is 5.26 Å². The van der Waals surface area contributed by atoms with Gasteiger partial charge in [-0.05, 0) is 0 Å². The van der Waals surface area contributed by atoms with Crippen molar-refractivity contribution in [2.45, 2.75) is 9.83 Å². The minimum atomic E-state index is -1.40. The molecule has 6 heteroatoms. The van der Waals surface area contributed by atoms with Gasteiger partial charge in [-0.3, -0.25) is 4.84 Å². The molecule has 1 aliphatic rings. The summed E-state index contributed by atoms with van der Waals surface area (Å²) in [5.74, 6) is 0. The number of alkyl halides is 3. The Morgan fingerprint density at radius 3 is 2.64 bits per heavy atom. The zero-order chi connectivity index (χ0) is 8.48. The van der Waals surface area contributed by atoms with E-state index in [2.05, 4.69) is 0 Å². The highest BCUT2D eigenvalue weighted by molar-refractivity contribution is 6.67. The number of halogens is 3. The molecule has 0 aromatic rings. The van der Waals surface area contributed by atoms with Crippen LogP contribution in [0.25, 0.3) is 0 Å². The van der Waals surface area contributed by atoms with E-state index in [1.165, 1.54) is 5.06 Å². The summed E-state index contributed by atoms with van der Waals surface area (Å²) in [6.07, 6.45) is 0. The Morgan fingerprint density at radius 2 is 2.27 bits per heavy atom. The van der Waals surface area contributed by atoms with E-state index < -0.39 is 3.79 Å². The lowest BCUT2D eigenvalue weighted by Gasteiger charge is -2.10. The van der Waals surface area contributed by atoms with Crippen molar-refractivity contribution < 1.29 is 4.84 Å². The second-order valence-electron chi connectivity index (χ2n) is 2.13. The van der Waals surface area contributed by atoms with Crippen molar-refractivity contribution in [1.82, 2.24) is 5.06 Å². The first-order valence-electron chi connectivity index (χ1n) is 2.89. The van der Waals surface area contributed by atoms with Gasteiger partial charge in [0.1, 0.15) is 12.6 Å². The molecule has 1 rings (SSSR count). The Kier molecular flexibility index (Phi) is 2.84. The summed E-state index contributed by atoms with van der Waals surface area (Å²) < 4.78 is -1.40. The lowest BCUT2D eigenvalue weighted by molar-refractivity contribution is -0.0678. The fourth-order valence-electron chi connectivity index (χ4n) is 0.527. The maximum absolute atomic E-state index is 8.34. The van der Waals surface area contributed by atoms with Gasteiger partial charge in [-0.15, -0.1) is 0 Å². The van der Waals surface area contributed by atoms with Gasteiger partial charge in [0.2, 0.25) is 3.79 Å². The van der Waals surface area contributed by atoms with Crippen molar-refractivity contribution in [3.63, 3.8) is 0 Å². The minimum Gasteiger partial charge on any atom is -0.293 e. The molecule has 1 heterocycles. The van der Waals surface area contributed by atoms with Crippen LogP contribution < -0.4 is 0 Å². The van der Waals surface area contributed by atoms with E-state index in [0.29, 0.717) is 6.54 Å². The minimum absolute atomic E-state index is 0.0180. The smallest absolute Gasteiger partial charge is 0.215 e. The van der Waals surface area contributed by atoms with Crippen LogP contribution in [-0.2, 0) is 4.84 Å². The molecule has 62 valence electrons. The van der Waals surface area contributed by atoms with Crippen LogP contribution in [0.4, 0.5) is 0 Å². The molecule has 0 aromatic carbocycles. The highest BCUT2D eigenvalue weighted by Gasteiger charge is 2.37. The van der Waals surface area contributed by atoms with Gasteiger partial charge >= 0.3 is 0 Å². The van der Waals surface area contributed by atoms with Gasteiger partial charge in [-0.25, -0.2) is 0 Å². The fourth-order valence-corrected chi connectivity index (χ4v) is 0.674. The van der Waals surface area contributed by atoms with Crippen molar-refractivity contribution >= 4 is 34.8 Å². The maximum Gasteiger partial charge on any atom is 0.215 e. The van der Waals surface area contributed by atoms with E-state index >= 15 is 0 Å². The highest BCUT2D eigenvalue weighted by Crippen LogP contribution is 2.28. The van der Waals surface area contributed by atoms with E-state index in [-0.39, 0.29) is 12.6 Å². The molecule has 0 spiro atoms. The van der Waals surface area contributed by atoms with Crippen LogP contribution in [0.15, 0.2) is 0 Å². The summed E-state index contributed by atoms with van der Waals surface area (Å²) in [6.45, 7) is 0.576. The normalized spacial score (nSPS) is 29.6. The van der Waals surface area contributed by atoms with Crippen molar-refractivity contribution in [2.75, 3.05) is 13.2 Å². The Hall–Kier alpha value is 0.280. The Labute approximate surface area is 79.3 Å². The van der Waals surface area contributed by atoms with Gasteiger partial charge in [0.15, 0.2) is 0 Å². The largest absolute Gasteiger partial charge is 0.293 e. The zero-order valence-electron chi connectivity index (χ0n) is 5.43. The predicted octanol–water partition coefficient (Wildman–Crippen LogP) is 1.50. The molecule has 2 atom stereocenters. The van der Waals surface area contributed by atoms with Gasteiger partial charge in [0.05, 0.1) is 12.6 Å². The number of hydrogen-bond acceptors (Lipinski definition) is 3. The van der Waals surface area contributed by atoms with Gasteiger partial charge in [-0.1, -0.05) is 34.8 Å². The molecule has 0 radical (unpaired) electrons. The van der Waals surface area contributed by atoms with Crippen LogP contribution in [0.2, 0.25) is 0 Å². The summed E-state index contributed by atoms with van der Waals surface area (Å²) >= 11 is 16.2. The first-order chi connectivity index (χ1) is 5.03. The maximum atomic E-state index is 8.34. The topological polar surface area (TPSA) is 36.0 Å². The van der Waals surface area contributed by atoms with Crippen molar-refractivity contribution in [3.05, 3.63) is 0 Å². The SMILES string of the molecule is N#CC1CN1OCC(Cl)(Cl)Cl. The van der Waals surface area contributed by atoms with Crippen LogP contribution in [0, 0.1) is 11.3 Å². The van der Waals surface area contributed by atoms with E-state index in [4.69, 9.17) is 44.9 Å². The Morgan fingerprint density at radius 1 is 1.64 bits per heavy atom. The standard InChI is InChI=1S/C5H5Cl3N2O/c6-5(7,8)3-11-10-2-4(10)1-9/h4H,2-3H2. The third-order valence-electron chi connectivity index (χ3n) is 1.11. The molecule has 0 saturated carbocycles. The summed E-state index contributed by atoms with van der Waals surface area (Å²) in [7, 11) is 0. The molecule has 3 nitrogen and oxygen atoms in total. The monoisotopic (exact) mass is 214 g/mol. The molecular formula is C5H5Cl3N2O. The molecule has 1 saturated heterocycles. The van der Waals surface area contributed by atoms with E-state index in [9.17, 15) is 0 Å². The van der Waals surface area contributed by atoms with Gasteiger partial charge < -0.3 is 0 Å². The highest BCUT2D eigenvalue weighted by atomic mass is 35.6. The van der Waals surface area contributed by atoms with E-state index in [0.717, 1.165) is 0 Å². The third-order valence-corrected chi connectivity index (χ3v) is 1.44. The van der Waals surface area contributed by atoms with Crippen LogP contribution in [0.5, 0.6) is 0 Å². The number of hydroxylamine groups is 2. The Bertz CT molecular complexity index is 185. The van der Waals surface area contributed by atoms with Crippen LogP contribution in [0.3, 0.4) is 0 Å². The Balaban J connectivity index is 2.12. The number of hydrogen-bond donors (Lipinski definition) is 0. The predicted molar refractivity (Wildman–Crippen MR) is 42.3 cm³/mol. The second kappa shape index (κ2) is 3.34. The summed E-state index contributed by atoms with van der Waals surface area (Å²) in [4.78, 5) is 4.94.